The first kappa shape index (κ1) is 12.9. The summed E-state index contributed by atoms with van der Waals surface area (Å²) in [7, 11) is 0. The van der Waals surface area contributed by atoms with Gasteiger partial charge in [-0.05, 0) is 76.2 Å². The van der Waals surface area contributed by atoms with E-state index in [0.29, 0.717) is 11.5 Å². The van der Waals surface area contributed by atoms with Crippen LogP contribution in [0.5, 0.6) is 0 Å². The molecule has 104 valence electrons. The molecule has 2 nitrogen and oxygen atoms in total. The fourth-order valence-corrected chi connectivity index (χ4v) is 4.48. The van der Waals surface area contributed by atoms with E-state index < -0.39 is 0 Å². The molecule has 0 aromatic carbocycles. The third-order valence-electron chi connectivity index (χ3n) is 5.42. The summed E-state index contributed by atoms with van der Waals surface area (Å²) in [5.41, 5.74) is 0.695. The minimum atomic E-state index is 0.131. The summed E-state index contributed by atoms with van der Waals surface area (Å²) in [4.78, 5) is 0. The van der Waals surface area contributed by atoms with Gasteiger partial charge in [0.1, 0.15) is 0 Å². The van der Waals surface area contributed by atoms with Crippen molar-refractivity contribution in [1.82, 2.24) is 5.32 Å². The van der Waals surface area contributed by atoms with Crippen LogP contribution in [-0.4, -0.2) is 24.8 Å². The van der Waals surface area contributed by atoms with Crippen LogP contribution in [-0.2, 0) is 4.74 Å². The molecule has 2 heteroatoms. The number of ether oxygens (including phenoxy) is 1. The normalized spacial score (nSPS) is 45.2. The van der Waals surface area contributed by atoms with Crippen LogP contribution in [0.15, 0.2) is 0 Å². The Balaban J connectivity index is 1.60. The molecule has 1 heterocycles. The molecule has 1 aliphatic heterocycles. The van der Waals surface area contributed by atoms with Gasteiger partial charge in [-0.2, -0.15) is 0 Å². The molecule has 2 aliphatic carbocycles. The molecule has 18 heavy (non-hydrogen) atoms. The summed E-state index contributed by atoms with van der Waals surface area (Å²) in [6.45, 7) is 9.04. The van der Waals surface area contributed by atoms with Crippen LogP contribution in [0.1, 0.15) is 59.3 Å². The maximum absolute atomic E-state index is 6.24. The molecular formula is C16H29NO. The zero-order valence-corrected chi connectivity index (χ0v) is 12.3. The highest BCUT2D eigenvalue weighted by atomic mass is 16.5. The van der Waals surface area contributed by atoms with Crippen molar-refractivity contribution < 1.29 is 4.74 Å². The molecule has 0 aromatic heterocycles. The molecule has 3 rings (SSSR count). The molecule has 3 aliphatic rings. The van der Waals surface area contributed by atoms with E-state index in [1.54, 1.807) is 0 Å². The molecule has 0 amide bonds. The lowest BCUT2D eigenvalue weighted by atomic mass is 9.77. The summed E-state index contributed by atoms with van der Waals surface area (Å²) >= 11 is 0. The van der Waals surface area contributed by atoms with Gasteiger partial charge in [0.25, 0.3) is 0 Å². The van der Waals surface area contributed by atoms with Gasteiger partial charge in [0.15, 0.2) is 0 Å². The van der Waals surface area contributed by atoms with Gasteiger partial charge >= 0.3 is 0 Å². The molecular weight excluding hydrogens is 222 g/mol. The Morgan fingerprint density at radius 3 is 2.50 bits per heavy atom. The lowest BCUT2D eigenvalue weighted by molar-refractivity contribution is -0.0365. The second-order valence-corrected chi connectivity index (χ2v) is 7.69. The van der Waals surface area contributed by atoms with Gasteiger partial charge < -0.3 is 10.1 Å². The van der Waals surface area contributed by atoms with E-state index >= 15 is 0 Å². The van der Waals surface area contributed by atoms with Crippen molar-refractivity contribution >= 4 is 0 Å². The number of fused-ring (bicyclic) bond motifs is 1. The van der Waals surface area contributed by atoms with E-state index in [-0.39, 0.29) is 5.60 Å². The Morgan fingerprint density at radius 1 is 1.22 bits per heavy atom. The van der Waals surface area contributed by atoms with Crippen molar-refractivity contribution in [2.75, 3.05) is 13.1 Å². The molecule has 1 saturated heterocycles. The van der Waals surface area contributed by atoms with Gasteiger partial charge in [-0.1, -0.05) is 6.92 Å². The van der Waals surface area contributed by atoms with Crippen molar-refractivity contribution in [2.45, 2.75) is 71.0 Å². The average molecular weight is 251 g/mol. The lowest BCUT2D eigenvalue weighted by Crippen LogP contribution is -2.36. The van der Waals surface area contributed by atoms with Crippen molar-refractivity contribution in [1.29, 1.82) is 0 Å². The van der Waals surface area contributed by atoms with E-state index in [0.717, 1.165) is 18.4 Å². The summed E-state index contributed by atoms with van der Waals surface area (Å²) in [5, 5.41) is 3.61. The van der Waals surface area contributed by atoms with Crippen molar-refractivity contribution in [3.63, 3.8) is 0 Å². The van der Waals surface area contributed by atoms with Gasteiger partial charge in [0.05, 0.1) is 11.7 Å². The standard InChI is InChI=1S/C16H29NO/c1-4-17-11-16(8-12-7-13(12)9-16)10-14-5-6-15(2,3)18-14/h12-14,17H,4-11H2,1-3H3. The first-order chi connectivity index (χ1) is 8.52. The van der Waals surface area contributed by atoms with Crippen LogP contribution in [0.4, 0.5) is 0 Å². The Bertz CT molecular complexity index is 302. The summed E-state index contributed by atoms with van der Waals surface area (Å²) in [6.07, 6.45) is 8.78. The van der Waals surface area contributed by atoms with Crippen molar-refractivity contribution in [3.8, 4) is 0 Å². The van der Waals surface area contributed by atoms with E-state index in [1.165, 1.54) is 45.1 Å². The summed E-state index contributed by atoms with van der Waals surface area (Å²) in [5.74, 6) is 2.14. The Labute approximate surface area is 112 Å². The van der Waals surface area contributed by atoms with E-state index in [2.05, 4.69) is 26.1 Å². The maximum Gasteiger partial charge on any atom is 0.0631 e. The minimum Gasteiger partial charge on any atom is -0.372 e. The van der Waals surface area contributed by atoms with Gasteiger partial charge in [-0.25, -0.2) is 0 Å². The summed E-state index contributed by atoms with van der Waals surface area (Å²) in [6, 6.07) is 0. The van der Waals surface area contributed by atoms with Crippen LogP contribution in [0.3, 0.4) is 0 Å². The number of nitrogens with one attached hydrogen (secondary N) is 1. The topological polar surface area (TPSA) is 21.3 Å². The number of rotatable bonds is 5. The molecule has 2 saturated carbocycles. The van der Waals surface area contributed by atoms with E-state index in [4.69, 9.17) is 4.74 Å². The largest absolute Gasteiger partial charge is 0.372 e. The van der Waals surface area contributed by atoms with Gasteiger partial charge in [0, 0.05) is 6.54 Å². The molecule has 0 spiro atoms. The average Bonchev–Trinajstić information content (AvgIpc) is 2.76. The Morgan fingerprint density at radius 2 is 1.94 bits per heavy atom. The second kappa shape index (κ2) is 4.49. The highest BCUT2D eigenvalue weighted by molar-refractivity contribution is 5.05. The molecule has 3 atom stereocenters. The smallest absolute Gasteiger partial charge is 0.0631 e. The van der Waals surface area contributed by atoms with Crippen LogP contribution in [0.25, 0.3) is 0 Å². The fraction of sp³-hybridized carbons (Fsp3) is 1.00. The highest BCUT2D eigenvalue weighted by Crippen LogP contribution is 2.61. The van der Waals surface area contributed by atoms with Gasteiger partial charge in [0.2, 0.25) is 0 Å². The third-order valence-corrected chi connectivity index (χ3v) is 5.42. The molecule has 3 fully saturated rings. The van der Waals surface area contributed by atoms with Crippen molar-refractivity contribution in [3.05, 3.63) is 0 Å². The van der Waals surface area contributed by atoms with Crippen LogP contribution in [0.2, 0.25) is 0 Å². The first-order valence-corrected chi connectivity index (χ1v) is 7.90. The van der Waals surface area contributed by atoms with E-state index in [9.17, 15) is 0 Å². The number of hydrogen-bond donors (Lipinski definition) is 1. The molecule has 1 N–H and O–H groups in total. The van der Waals surface area contributed by atoms with Gasteiger partial charge in [-0.3, -0.25) is 0 Å². The first-order valence-electron chi connectivity index (χ1n) is 7.90. The van der Waals surface area contributed by atoms with Crippen LogP contribution >= 0.6 is 0 Å². The predicted octanol–water partition coefficient (Wildman–Crippen LogP) is 3.36. The molecule has 0 bridgehead atoms. The maximum atomic E-state index is 6.24. The Hall–Kier alpha value is -0.0800. The second-order valence-electron chi connectivity index (χ2n) is 7.69. The summed E-state index contributed by atoms with van der Waals surface area (Å²) < 4.78 is 6.24. The molecule has 3 unspecified atom stereocenters. The highest BCUT2D eigenvalue weighted by Gasteiger charge is 2.54. The monoisotopic (exact) mass is 251 g/mol. The van der Waals surface area contributed by atoms with E-state index in [1.807, 2.05) is 0 Å². The predicted molar refractivity (Wildman–Crippen MR) is 74.6 cm³/mol. The Kier molecular flexibility index (Phi) is 3.22. The molecule has 0 aromatic rings. The zero-order valence-electron chi connectivity index (χ0n) is 12.3. The van der Waals surface area contributed by atoms with Crippen molar-refractivity contribution in [2.24, 2.45) is 17.3 Å². The van der Waals surface area contributed by atoms with Gasteiger partial charge in [-0.15, -0.1) is 0 Å². The lowest BCUT2D eigenvalue weighted by Gasteiger charge is -2.34. The SMILES string of the molecule is CCNCC1(CC2CCC(C)(C)O2)CC2CC2C1. The van der Waals surface area contributed by atoms with Crippen LogP contribution in [0, 0.1) is 17.3 Å². The quantitative estimate of drug-likeness (QED) is 0.809. The zero-order chi connectivity index (χ0) is 12.8. The third kappa shape index (κ3) is 2.60. The van der Waals surface area contributed by atoms with Crippen LogP contribution < -0.4 is 5.32 Å². The number of hydrogen-bond acceptors (Lipinski definition) is 2. The molecule has 0 radical (unpaired) electrons. The fourth-order valence-electron chi connectivity index (χ4n) is 4.48. The minimum absolute atomic E-state index is 0.131.